The summed E-state index contributed by atoms with van der Waals surface area (Å²) in [5, 5.41) is 3.22. The molecule has 0 aliphatic rings. The van der Waals surface area contributed by atoms with Crippen LogP contribution in [0.5, 0.6) is 0 Å². The van der Waals surface area contributed by atoms with Gasteiger partial charge in [-0.15, -0.1) is 0 Å². The number of nitrogens with zero attached hydrogens (tertiary/aromatic N) is 1. The van der Waals surface area contributed by atoms with Crippen LogP contribution >= 0.6 is 0 Å². The molecule has 0 unspecified atom stereocenters. The van der Waals surface area contributed by atoms with Gasteiger partial charge in [-0.25, -0.2) is 14.3 Å². The molecule has 0 radical (unpaired) electrons. The summed E-state index contributed by atoms with van der Waals surface area (Å²) in [4.78, 5) is 21.7. The number of nitrogens with one attached hydrogen (secondary N) is 2. The Kier molecular flexibility index (Phi) is 6.51. The average Bonchev–Trinajstić information content (AvgIpc) is 2.73. The van der Waals surface area contributed by atoms with Crippen molar-refractivity contribution < 1.29 is 18.4 Å². The van der Waals surface area contributed by atoms with E-state index in [1.807, 2.05) is 18.2 Å². The lowest BCUT2D eigenvalue weighted by atomic mass is 10.1. The Bertz CT molecular complexity index is 942. The van der Waals surface area contributed by atoms with Gasteiger partial charge in [-0.2, -0.15) is 0 Å². The summed E-state index contributed by atoms with van der Waals surface area (Å²) >= 11 is 0. The monoisotopic (exact) mass is 397 g/mol. The molecule has 0 aliphatic carbocycles. The number of para-hydroxylation sites is 1. The van der Waals surface area contributed by atoms with E-state index < -0.39 is 11.8 Å². The zero-order chi connectivity index (χ0) is 20.7. The van der Waals surface area contributed by atoms with Gasteiger partial charge in [0.15, 0.2) is 0 Å². The Hall–Kier alpha value is -3.32. The van der Waals surface area contributed by atoms with E-state index in [4.69, 9.17) is 4.84 Å². The molecule has 1 amide bonds. The molecule has 2 aromatic carbocycles. The summed E-state index contributed by atoms with van der Waals surface area (Å²) in [5.74, 6) is -3.29. The lowest BCUT2D eigenvalue weighted by Gasteiger charge is -2.13. The lowest BCUT2D eigenvalue weighted by Crippen LogP contribution is -2.24. The minimum atomic E-state index is -2.89. The normalized spacial score (nSPS) is 11.1. The molecule has 29 heavy (non-hydrogen) atoms. The molecule has 5 nitrogen and oxygen atoms in total. The molecule has 0 saturated carbocycles. The van der Waals surface area contributed by atoms with Crippen LogP contribution in [0.2, 0.25) is 0 Å². The van der Waals surface area contributed by atoms with E-state index in [0.717, 1.165) is 12.5 Å². The topological polar surface area (TPSA) is 63.2 Å². The van der Waals surface area contributed by atoms with Crippen molar-refractivity contribution in [1.82, 2.24) is 10.5 Å². The molecule has 0 spiro atoms. The molecule has 0 fully saturated rings. The molecule has 0 bridgehead atoms. The van der Waals surface area contributed by atoms with E-state index in [1.54, 1.807) is 42.7 Å². The van der Waals surface area contributed by atoms with Crippen molar-refractivity contribution in [2.45, 2.75) is 26.0 Å². The van der Waals surface area contributed by atoms with Gasteiger partial charge in [-0.3, -0.25) is 14.6 Å². The van der Waals surface area contributed by atoms with Crippen molar-refractivity contribution in [3.63, 3.8) is 0 Å². The molecule has 150 valence electrons. The van der Waals surface area contributed by atoms with Gasteiger partial charge >= 0.3 is 0 Å². The number of hydrogen-bond acceptors (Lipinski definition) is 4. The van der Waals surface area contributed by atoms with Crippen molar-refractivity contribution in [1.29, 1.82) is 0 Å². The number of benzene rings is 2. The highest BCUT2D eigenvalue weighted by molar-refractivity contribution is 5.98. The fourth-order valence-corrected chi connectivity index (χ4v) is 2.67. The van der Waals surface area contributed by atoms with Crippen LogP contribution in [-0.4, -0.2) is 10.9 Å². The molecule has 3 aromatic rings. The van der Waals surface area contributed by atoms with Gasteiger partial charge in [0.25, 0.3) is 11.8 Å². The second kappa shape index (κ2) is 9.25. The number of carbonyl (C=O) groups is 1. The third-order valence-corrected chi connectivity index (χ3v) is 4.27. The average molecular weight is 397 g/mol. The smallest absolute Gasteiger partial charge is 0.276 e. The summed E-state index contributed by atoms with van der Waals surface area (Å²) in [7, 11) is 0. The number of anilines is 1. The van der Waals surface area contributed by atoms with Crippen LogP contribution in [-0.2, 0) is 23.9 Å². The Morgan fingerprint density at radius 3 is 2.38 bits per heavy atom. The SMILES string of the molecule is CC(F)(F)c1ccc(CONC(=O)c2ccccc2NCc2ccncc2)cc1. The van der Waals surface area contributed by atoms with Gasteiger partial charge in [0.05, 0.1) is 12.2 Å². The Balaban J connectivity index is 1.55. The van der Waals surface area contributed by atoms with Gasteiger partial charge < -0.3 is 5.32 Å². The molecular formula is C22H21F2N3O2. The maximum Gasteiger partial charge on any atom is 0.276 e. The quantitative estimate of drug-likeness (QED) is 0.543. The summed E-state index contributed by atoms with van der Waals surface area (Å²) in [6.45, 7) is 1.45. The van der Waals surface area contributed by atoms with E-state index >= 15 is 0 Å². The summed E-state index contributed by atoms with van der Waals surface area (Å²) in [6, 6.07) is 16.6. The van der Waals surface area contributed by atoms with Crippen molar-refractivity contribution >= 4 is 11.6 Å². The maximum atomic E-state index is 13.2. The van der Waals surface area contributed by atoms with Crippen LogP contribution in [0, 0.1) is 0 Å². The van der Waals surface area contributed by atoms with Gasteiger partial charge in [0.1, 0.15) is 0 Å². The number of alkyl halides is 2. The Labute approximate surface area is 167 Å². The standard InChI is InChI=1S/C22H21F2N3O2/c1-22(23,24)18-8-6-17(7-9-18)15-29-27-21(28)19-4-2-3-5-20(19)26-14-16-10-12-25-13-11-16/h2-13,26H,14-15H2,1H3,(H,27,28). The molecule has 0 atom stereocenters. The van der Waals surface area contributed by atoms with Crippen molar-refractivity contribution in [3.05, 3.63) is 95.3 Å². The highest BCUT2D eigenvalue weighted by atomic mass is 19.3. The first-order valence-electron chi connectivity index (χ1n) is 9.04. The first-order chi connectivity index (χ1) is 13.9. The molecule has 0 saturated heterocycles. The highest BCUT2D eigenvalue weighted by Gasteiger charge is 2.23. The number of hydrogen-bond donors (Lipinski definition) is 2. The lowest BCUT2D eigenvalue weighted by molar-refractivity contribution is 0.0171. The molecule has 7 heteroatoms. The Morgan fingerprint density at radius 1 is 1.00 bits per heavy atom. The fourth-order valence-electron chi connectivity index (χ4n) is 2.67. The summed E-state index contributed by atoms with van der Waals surface area (Å²) < 4.78 is 26.5. The van der Waals surface area contributed by atoms with E-state index in [0.29, 0.717) is 23.4 Å². The van der Waals surface area contributed by atoms with Gasteiger partial charge in [-0.05, 0) is 35.4 Å². The van der Waals surface area contributed by atoms with E-state index in [1.165, 1.54) is 12.1 Å². The van der Waals surface area contributed by atoms with Crippen LogP contribution in [0.4, 0.5) is 14.5 Å². The molecule has 1 heterocycles. The fraction of sp³-hybridized carbons (Fsp3) is 0.182. The van der Waals surface area contributed by atoms with Crippen molar-refractivity contribution in [3.8, 4) is 0 Å². The van der Waals surface area contributed by atoms with Crippen molar-refractivity contribution in [2.24, 2.45) is 0 Å². The molecule has 0 aliphatic heterocycles. The van der Waals surface area contributed by atoms with E-state index in [9.17, 15) is 13.6 Å². The van der Waals surface area contributed by atoms with Crippen LogP contribution in [0.25, 0.3) is 0 Å². The third kappa shape index (κ3) is 5.83. The minimum absolute atomic E-state index is 0.0634. The van der Waals surface area contributed by atoms with E-state index in [2.05, 4.69) is 15.8 Å². The first-order valence-corrected chi connectivity index (χ1v) is 9.04. The van der Waals surface area contributed by atoms with Gasteiger partial charge in [0.2, 0.25) is 0 Å². The number of aromatic nitrogens is 1. The third-order valence-electron chi connectivity index (χ3n) is 4.27. The van der Waals surface area contributed by atoms with Crippen LogP contribution in [0.3, 0.4) is 0 Å². The molecular weight excluding hydrogens is 376 g/mol. The van der Waals surface area contributed by atoms with Gasteiger partial charge in [0, 0.05) is 37.1 Å². The number of carbonyl (C=O) groups excluding carboxylic acids is 1. The second-order valence-corrected chi connectivity index (χ2v) is 6.56. The molecule has 2 N–H and O–H groups in total. The van der Waals surface area contributed by atoms with Crippen LogP contribution in [0.15, 0.2) is 73.1 Å². The van der Waals surface area contributed by atoms with Gasteiger partial charge in [-0.1, -0.05) is 36.4 Å². The predicted molar refractivity (Wildman–Crippen MR) is 106 cm³/mol. The second-order valence-electron chi connectivity index (χ2n) is 6.56. The summed E-state index contributed by atoms with van der Waals surface area (Å²) in [6.07, 6.45) is 3.41. The summed E-state index contributed by atoms with van der Waals surface area (Å²) in [5.41, 5.74) is 5.13. The van der Waals surface area contributed by atoms with Crippen molar-refractivity contribution in [2.75, 3.05) is 5.32 Å². The number of pyridine rings is 1. The minimum Gasteiger partial charge on any atom is -0.380 e. The maximum absolute atomic E-state index is 13.2. The van der Waals surface area contributed by atoms with Crippen LogP contribution in [0.1, 0.15) is 34.0 Å². The largest absolute Gasteiger partial charge is 0.380 e. The predicted octanol–water partition coefficient (Wildman–Crippen LogP) is 4.67. The highest BCUT2D eigenvalue weighted by Crippen LogP contribution is 2.26. The molecule has 1 aromatic heterocycles. The number of hydroxylamine groups is 1. The zero-order valence-corrected chi connectivity index (χ0v) is 15.9. The first kappa shape index (κ1) is 20.4. The van der Waals surface area contributed by atoms with E-state index in [-0.39, 0.29) is 12.2 Å². The molecule has 3 rings (SSSR count). The number of amides is 1. The number of halogens is 2. The number of rotatable bonds is 8. The van der Waals surface area contributed by atoms with Crippen LogP contribution < -0.4 is 10.8 Å². The zero-order valence-electron chi connectivity index (χ0n) is 15.9. The Morgan fingerprint density at radius 2 is 1.69 bits per heavy atom.